The van der Waals surface area contributed by atoms with Crippen molar-refractivity contribution in [3.05, 3.63) is 0 Å². The smallest absolute Gasteiger partial charge is 0.300 e. The first kappa shape index (κ1) is 14.8. The van der Waals surface area contributed by atoms with Crippen LogP contribution >= 0.6 is 11.8 Å². The summed E-state index contributed by atoms with van der Waals surface area (Å²) in [7, 11) is 0. The minimum absolute atomic E-state index is 0.278. The third kappa shape index (κ3) is 2.68. The molecule has 2 aliphatic heterocycles. The van der Waals surface area contributed by atoms with Gasteiger partial charge in [-0.1, -0.05) is 12.8 Å². The number of amides is 4. The van der Waals surface area contributed by atoms with Gasteiger partial charge in [0.1, 0.15) is 5.41 Å². The van der Waals surface area contributed by atoms with Crippen LogP contribution in [0, 0.1) is 5.41 Å². The van der Waals surface area contributed by atoms with Gasteiger partial charge in [-0.2, -0.15) is 11.8 Å². The minimum Gasteiger partial charge on any atom is -0.300 e. The normalized spacial score (nSPS) is 26.5. The number of rotatable bonds is 3. The molecule has 4 amide bonds. The molecule has 3 aliphatic rings. The number of carbonyl (C=O) groups excluding carboxylic acids is 3. The van der Waals surface area contributed by atoms with Crippen LogP contribution in [0.4, 0.5) is 4.79 Å². The maximum Gasteiger partial charge on any atom is 0.330 e. The largest absolute Gasteiger partial charge is 0.330 e. The van der Waals surface area contributed by atoms with Crippen molar-refractivity contribution >= 4 is 29.6 Å². The molecular weight excluding hydrogens is 290 g/mol. The van der Waals surface area contributed by atoms with Crippen molar-refractivity contribution in [2.45, 2.75) is 25.7 Å². The molecule has 0 aromatic rings. The van der Waals surface area contributed by atoms with Gasteiger partial charge in [0, 0.05) is 37.7 Å². The first-order chi connectivity index (χ1) is 10.1. The second-order valence-corrected chi connectivity index (χ2v) is 7.18. The van der Waals surface area contributed by atoms with E-state index in [1.54, 1.807) is 0 Å². The Morgan fingerprint density at radius 1 is 1.05 bits per heavy atom. The number of nitrogens with one attached hydrogen (secondary N) is 1. The molecule has 7 heteroatoms. The topological polar surface area (TPSA) is 69.7 Å². The van der Waals surface area contributed by atoms with Crippen LogP contribution in [-0.2, 0) is 9.59 Å². The molecule has 0 atom stereocenters. The lowest BCUT2D eigenvalue weighted by molar-refractivity contribution is -0.151. The van der Waals surface area contributed by atoms with Gasteiger partial charge in [0.05, 0.1) is 0 Å². The first-order valence-electron chi connectivity index (χ1n) is 7.61. The molecular formula is C14H21N3O3S. The Morgan fingerprint density at radius 3 is 2.38 bits per heavy atom. The van der Waals surface area contributed by atoms with Crippen LogP contribution in [0.2, 0.25) is 0 Å². The van der Waals surface area contributed by atoms with Crippen molar-refractivity contribution in [1.82, 2.24) is 15.1 Å². The van der Waals surface area contributed by atoms with Gasteiger partial charge < -0.3 is 0 Å². The van der Waals surface area contributed by atoms with E-state index in [0.29, 0.717) is 25.9 Å². The number of hydrogen-bond donors (Lipinski definition) is 1. The Labute approximate surface area is 128 Å². The molecule has 0 bridgehead atoms. The SMILES string of the molecule is O=C1NC(=O)C2(CCCC2)C(=O)N1CCN1CCSCC1. The van der Waals surface area contributed by atoms with E-state index >= 15 is 0 Å². The highest BCUT2D eigenvalue weighted by Gasteiger charge is 2.54. The monoisotopic (exact) mass is 311 g/mol. The number of carbonyl (C=O) groups is 3. The highest BCUT2D eigenvalue weighted by molar-refractivity contribution is 7.99. The fourth-order valence-electron chi connectivity index (χ4n) is 3.42. The molecule has 0 aromatic carbocycles. The molecule has 1 spiro atoms. The second kappa shape index (κ2) is 5.96. The summed E-state index contributed by atoms with van der Waals surface area (Å²) in [5, 5.41) is 2.38. The summed E-state index contributed by atoms with van der Waals surface area (Å²) in [4.78, 5) is 40.3. The highest BCUT2D eigenvalue weighted by atomic mass is 32.2. The van der Waals surface area contributed by atoms with Crippen LogP contribution in [0.3, 0.4) is 0 Å². The zero-order valence-electron chi connectivity index (χ0n) is 12.1. The molecule has 2 saturated heterocycles. The third-order valence-corrected chi connectivity index (χ3v) is 5.70. The van der Waals surface area contributed by atoms with E-state index in [-0.39, 0.29) is 11.8 Å². The maximum atomic E-state index is 12.7. The summed E-state index contributed by atoms with van der Waals surface area (Å²) in [6.07, 6.45) is 2.90. The molecule has 3 rings (SSSR count). The molecule has 1 N–H and O–H groups in total. The fraction of sp³-hybridized carbons (Fsp3) is 0.786. The van der Waals surface area contributed by atoms with Crippen molar-refractivity contribution < 1.29 is 14.4 Å². The Balaban J connectivity index is 1.67. The van der Waals surface area contributed by atoms with Gasteiger partial charge in [-0.3, -0.25) is 24.7 Å². The van der Waals surface area contributed by atoms with Crippen molar-refractivity contribution in [2.75, 3.05) is 37.7 Å². The van der Waals surface area contributed by atoms with E-state index in [1.165, 1.54) is 4.90 Å². The number of nitrogens with zero attached hydrogens (tertiary/aromatic N) is 2. The Hall–Kier alpha value is -1.08. The Bertz CT molecular complexity index is 456. The quantitative estimate of drug-likeness (QED) is 0.776. The first-order valence-corrected chi connectivity index (χ1v) is 8.76. The number of hydrogen-bond acceptors (Lipinski definition) is 5. The summed E-state index contributed by atoms with van der Waals surface area (Å²) in [6.45, 7) is 3.07. The van der Waals surface area contributed by atoms with E-state index in [1.807, 2.05) is 11.8 Å². The van der Waals surface area contributed by atoms with E-state index < -0.39 is 11.4 Å². The van der Waals surface area contributed by atoms with E-state index in [4.69, 9.17) is 0 Å². The molecule has 0 radical (unpaired) electrons. The van der Waals surface area contributed by atoms with Crippen molar-refractivity contribution in [3.8, 4) is 0 Å². The Kier molecular flexibility index (Phi) is 4.21. The van der Waals surface area contributed by atoms with Crippen LogP contribution in [0.15, 0.2) is 0 Å². The average molecular weight is 311 g/mol. The van der Waals surface area contributed by atoms with Crippen molar-refractivity contribution in [2.24, 2.45) is 5.41 Å². The van der Waals surface area contributed by atoms with Crippen LogP contribution < -0.4 is 5.32 Å². The zero-order valence-corrected chi connectivity index (χ0v) is 12.9. The molecule has 3 fully saturated rings. The van der Waals surface area contributed by atoms with Crippen molar-refractivity contribution in [1.29, 1.82) is 0 Å². The van der Waals surface area contributed by atoms with E-state index in [0.717, 1.165) is 37.4 Å². The summed E-state index contributed by atoms with van der Waals surface area (Å²) >= 11 is 1.93. The van der Waals surface area contributed by atoms with Crippen LogP contribution in [-0.4, -0.2) is 65.3 Å². The Morgan fingerprint density at radius 2 is 1.71 bits per heavy atom. The summed E-state index contributed by atoms with van der Waals surface area (Å²) in [5.41, 5.74) is -0.967. The predicted molar refractivity (Wildman–Crippen MR) is 79.9 cm³/mol. The number of thioether (sulfide) groups is 1. The third-order valence-electron chi connectivity index (χ3n) is 4.76. The maximum absolute atomic E-state index is 12.7. The minimum atomic E-state index is -0.967. The average Bonchev–Trinajstić information content (AvgIpc) is 2.97. The lowest BCUT2D eigenvalue weighted by Gasteiger charge is -2.38. The van der Waals surface area contributed by atoms with Gasteiger partial charge in [-0.15, -0.1) is 0 Å². The van der Waals surface area contributed by atoms with Gasteiger partial charge in [-0.05, 0) is 12.8 Å². The van der Waals surface area contributed by atoms with Crippen molar-refractivity contribution in [3.63, 3.8) is 0 Å². The molecule has 0 aromatic heterocycles. The second-order valence-electron chi connectivity index (χ2n) is 5.96. The van der Waals surface area contributed by atoms with Gasteiger partial charge in [0.15, 0.2) is 0 Å². The van der Waals surface area contributed by atoms with Crippen LogP contribution in [0.25, 0.3) is 0 Å². The summed E-state index contributed by atoms with van der Waals surface area (Å²) < 4.78 is 0. The van der Waals surface area contributed by atoms with E-state index in [9.17, 15) is 14.4 Å². The molecule has 1 aliphatic carbocycles. The number of urea groups is 1. The van der Waals surface area contributed by atoms with Gasteiger partial charge in [0.2, 0.25) is 11.8 Å². The number of barbiturate groups is 1. The molecule has 0 unspecified atom stereocenters. The van der Waals surface area contributed by atoms with Crippen LogP contribution in [0.5, 0.6) is 0 Å². The lowest BCUT2D eigenvalue weighted by atomic mass is 9.82. The molecule has 116 valence electrons. The fourth-order valence-corrected chi connectivity index (χ4v) is 4.40. The standard InChI is InChI=1S/C14H21N3O3S/c18-11-14(3-1-2-4-14)12(19)17(13(20)15-11)6-5-16-7-9-21-10-8-16/h1-10H2,(H,15,18,20). The van der Waals surface area contributed by atoms with E-state index in [2.05, 4.69) is 10.2 Å². The summed E-state index contributed by atoms with van der Waals surface area (Å²) in [6, 6.07) is -0.547. The molecule has 2 heterocycles. The molecule has 6 nitrogen and oxygen atoms in total. The van der Waals surface area contributed by atoms with Gasteiger partial charge in [-0.25, -0.2) is 4.79 Å². The molecule has 1 saturated carbocycles. The van der Waals surface area contributed by atoms with Crippen LogP contribution in [0.1, 0.15) is 25.7 Å². The lowest BCUT2D eigenvalue weighted by Crippen LogP contribution is -2.64. The summed E-state index contributed by atoms with van der Waals surface area (Å²) in [5.74, 6) is 1.53. The van der Waals surface area contributed by atoms with Gasteiger partial charge in [0.25, 0.3) is 0 Å². The molecule has 21 heavy (non-hydrogen) atoms. The zero-order chi connectivity index (χ0) is 14.9. The van der Waals surface area contributed by atoms with Gasteiger partial charge >= 0.3 is 6.03 Å². The number of imide groups is 2. The highest BCUT2D eigenvalue weighted by Crippen LogP contribution is 2.41. The predicted octanol–water partition coefficient (Wildman–Crippen LogP) is 0.674.